The Labute approximate surface area is 104 Å². The van der Waals surface area contributed by atoms with Gasteiger partial charge in [-0.2, -0.15) is 0 Å². The highest BCUT2D eigenvalue weighted by atomic mass is 15.2. The monoisotopic (exact) mass is 233 g/mol. The summed E-state index contributed by atoms with van der Waals surface area (Å²) >= 11 is 0. The van der Waals surface area contributed by atoms with E-state index >= 15 is 0 Å². The third-order valence-electron chi connectivity index (χ3n) is 3.72. The van der Waals surface area contributed by atoms with Crippen molar-refractivity contribution in [1.29, 1.82) is 0 Å². The molecule has 2 atom stereocenters. The van der Waals surface area contributed by atoms with E-state index in [1.807, 2.05) is 19.3 Å². The van der Waals surface area contributed by atoms with Crippen molar-refractivity contribution in [2.75, 3.05) is 26.7 Å². The summed E-state index contributed by atoms with van der Waals surface area (Å²) in [4.78, 5) is 7.13. The number of likely N-dealkylation sites (tertiary alicyclic amines) is 1. The molecule has 17 heavy (non-hydrogen) atoms. The lowest BCUT2D eigenvalue weighted by molar-refractivity contribution is 0.0951. The molecule has 0 amide bonds. The third-order valence-corrected chi connectivity index (χ3v) is 3.72. The molecular weight excluding hydrogens is 210 g/mol. The molecule has 0 spiro atoms. The predicted molar refractivity (Wildman–Crippen MR) is 70.9 cm³/mol. The van der Waals surface area contributed by atoms with Crippen molar-refractivity contribution < 1.29 is 0 Å². The van der Waals surface area contributed by atoms with Gasteiger partial charge >= 0.3 is 0 Å². The standard InChI is InChI=1S/C14H23N3/c1-3-17-10-6-7-12(11-15-2)14(17)13-8-4-5-9-16-13/h4-5,8-9,12,14-15H,3,6-7,10-11H2,1-2H3. The molecule has 0 radical (unpaired) electrons. The van der Waals surface area contributed by atoms with Crippen LogP contribution < -0.4 is 5.32 Å². The van der Waals surface area contributed by atoms with Crippen LogP contribution in [0.4, 0.5) is 0 Å². The molecule has 3 nitrogen and oxygen atoms in total. The topological polar surface area (TPSA) is 28.2 Å². The summed E-state index contributed by atoms with van der Waals surface area (Å²) in [5.74, 6) is 0.684. The fourth-order valence-corrected chi connectivity index (χ4v) is 2.96. The van der Waals surface area contributed by atoms with Gasteiger partial charge in [0.1, 0.15) is 0 Å². The van der Waals surface area contributed by atoms with Gasteiger partial charge in [0.25, 0.3) is 0 Å². The summed E-state index contributed by atoms with van der Waals surface area (Å²) in [5.41, 5.74) is 1.23. The SMILES string of the molecule is CCN1CCCC(CNC)C1c1ccccn1. The van der Waals surface area contributed by atoms with Crippen LogP contribution in [0.3, 0.4) is 0 Å². The Hall–Kier alpha value is -0.930. The van der Waals surface area contributed by atoms with Crippen molar-refractivity contribution >= 4 is 0 Å². The molecule has 1 aromatic heterocycles. The lowest BCUT2D eigenvalue weighted by atomic mass is 9.86. The van der Waals surface area contributed by atoms with Crippen LogP contribution in [-0.2, 0) is 0 Å². The summed E-state index contributed by atoms with van der Waals surface area (Å²) in [5, 5.41) is 3.33. The van der Waals surface area contributed by atoms with Gasteiger partial charge in [0.2, 0.25) is 0 Å². The summed E-state index contributed by atoms with van der Waals surface area (Å²) in [6.07, 6.45) is 4.52. The van der Waals surface area contributed by atoms with Crippen LogP contribution in [0.15, 0.2) is 24.4 Å². The van der Waals surface area contributed by atoms with Gasteiger partial charge in [0, 0.05) is 6.20 Å². The van der Waals surface area contributed by atoms with Crippen LogP contribution in [0.2, 0.25) is 0 Å². The Balaban J connectivity index is 2.22. The van der Waals surface area contributed by atoms with Crippen molar-refractivity contribution in [2.45, 2.75) is 25.8 Å². The van der Waals surface area contributed by atoms with Crippen molar-refractivity contribution in [2.24, 2.45) is 5.92 Å². The Morgan fingerprint density at radius 3 is 3.00 bits per heavy atom. The fourth-order valence-electron chi connectivity index (χ4n) is 2.96. The molecular formula is C14H23N3. The lowest BCUT2D eigenvalue weighted by Crippen LogP contribution is -2.42. The first-order chi connectivity index (χ1) is 8.36. The van der Waals surface area contributed by atoms with Crippen molar-refractivity contribution in [3.05, 3.63) is 30.1 Å². The normalized spacial score (nSPS) is 26.0. The predicted octanol–water partition coefficient (Wildman–Crippen LogP) is 2.07. The summed E-state index contributed by atoms with van der Waals surface area (Å²) < 4.78 is 0. The summed E-state index contributed by atoms with van der Waals surface area (Å²) in [6.45, 7) is 5.65. The Bertz CT molecular complexity index is 323. The van der Waals surface area contributed by atoms with Gasteiger partial charge < -0.3 is 5.32 Å². The Kier molecular flexibility index (Phi) is 4.51. The first kappa shape index (κ1) is 12.5. The maximum atomic E-state index is 4.56. The largest absolute Gasteiger partial charge is 0.319 e. The molecule has 1 aliphatic heterocycles. The van der Waals surface area contributed by atoms with E-state index in [-0.39, 0.29) is 0 Å². The van der Waals surface area contributed by atoms with Crippen LogP contribution >= 0.6 is 0 Å². The number of nitrogens with one attached hydrogen (secondary N) is 1. The molecule has 2 unspecified atom stereocenters. The summed E-state index contributed by atoms with van der Waals surface area (Å²) in [7, 11) is 2.04. The molecule has 1 N–H and O–H groups in total. The van der Waals surface area contributed by atoms with E-state index < -0.39 is 0 Å². The van der Waals surface area contributed by atoms with Crippen LogP contribution in [0.1, 0.15) is 31.5 Å². The molecule has 1 fully saturated rings. The fraction of sp³-hybridized carbons (Fsp3) is 0.643. The number of hydrogen-bond acceptors (Lipinski definition) is 3. The lowest BCUT2D eigenvalue weighted by Gasteiger charge is -2.40. The second kappa shape index (κ2) is 6.12. The maximum Gasteiger partial charge on any atom is 0.0578 e. The molecule has 0 aromatic carbocycles. The van der Waals surface area contributed by atoms with E-state index in [1.165, 1.54) is 25.1 Å². The van der Waals surface area contributed by atoms with Gasteiger partial charge in [-0.15, -0.1) is 0 Å². The van der Waals surface area contributed by atoms with Crippen molar-refractivity contribution in [3.63, 3.8) is 0 Å². The summed E-state index contributed by atoms with van der Waals surface area (Å²) in [6, 6.07) is 6.75. The van der Waals surface area contributed by atoms with E-state index in [0.29, 0.717) is 12.0 Å². The smallest absolute Gasteiger partial charge is 0.0578 e. The van der Waals surface area contributed by atoms with E-state index in [4.69, 9.17) is 0 Å². The van der Waals surface area contributed by atoms with Crippen LogP contribution in [0, 0.1) is 5.92 Å². The zero-order valence-electron chi connectivity index (χ0n) is 10.9. The number of hydrogen-bond donors (Lipinski definition) is 1. The average molecular weight is 233 g/mol. The maximum absolute atomic E-state index is 4.56. The van der Waals surface area contributed by atoms with Gasteiger partial charge in [-0.05, 0) is 57.6 Å². The minimum Gasteiger partial charge on any atom is -0.319 e. The van der Waals surface area contributed by atoms with Gasteiger partial charge in [0.15, 0.2) is 0 Å². The minimum absolute atomic E-state index is 0.488. The van der Waals surface area contributed by atoms with Gasteiger partial charge in [-0.3, -0.25) is 9.88 Å². The van der Waals surface area contributed by atoms with Crippen molar-refractivity contribution in [3.8, 4) is 0 Å². The van der Waals surface area contributed by atoms with E-state index in [2.05, 4.69) is 34.3 Å². The molecule has 1 aliphatic rings. The Morgan fingerprint density at radius 2 is 2.35 bits per heavy atom. The zero-order valence-corrected chi connectivity index (χ0v) is 10.9. The molecule has 0 bridgehead atoms. The number of piperidine rings is 1. The number of pyridine rings is 1. The quantitative estimate of drug-likeness (QED) is 0.863. The number of aromatic nitrogens is 1. The first-order valence-corrected chi connectivity index (χ1v) is 6.66. The molecule has 1 saturated heterocycles. The molecule has 2 heterocycles. The zero-order chi connectivity index (χ0) is 12.1. The molecule has 94 valence electrons. The van der Waals surface area contributed by atoms with E-state index in [9.17, 15) is 0 Å². The highest BCUT2D eigenvalue weighted by molar-refractivity contribution is 5.11. The molecule has 2 rings (SSSR count). The molecule has 3 heteroatoms. The molecule has 0 aliphatic carbocycles. The van der Waals surface area contributed by atoms with E-state index in [0.717, 1.165) is 13.1 Å². The first-order valence-electron chi connectivity index (χ1n) is 6.66. The van der Waals surface area contributed by atoms with E-state index in [1.54, 1.807) is 0 Å². The molecule has 0 saturated carbocycles. The molecule has 1 aromatic rings. The van der Waals surface area contributed by atoms with Gasteiger partial charge in [0.05, 0.1) is 11.7 Å². The highest BCUT2D eigenvalue weighted by Gasteiger charge is 2.31. The minimum atomic E-state index is 0.488. The van der Waals surface area contributed by atoms with Crippen molar-refractivity contribution in [1.82, 2.24) is 15.2 Å². The highest BCUT2D eigenvalue weighted by Crippen LogP contribution is 2.34. The Morgan fingerprint density at radius 1 is 1.47 bits per heavy atom. The second-order valence-corrected chi connectivity index (χ2v) is 4.79. The van der Waals surface area contributed by atoms with Crippen LogP contribution in [0.5, 0.6) is 0 Å². The average Bonchev–Trinajstić information content (AvgIpc) is 2.40. The number of rotatable bonds is 4. The second-order valence-electron chi connectivity index (χ2n) is 4.79. The van der Waals surface area contributed by atoms with Crippen LogP contribution in [-0.4, -0.2) is 36.6 Å². The van der Waals surface area contributed by atoms with Gasteiger partial charge in [-0.25, -0.2) is 0 Å². The van der Waals surface area contributed by atoms with Crippen LogP contribution in [0.25, 0.3) is 0 Å². The third kappa shape index (κ3) is 2.85. The number of nitrogens with zero attached hydrogens (tertiary/aromatic N) is 2. The van der Waals surface area contributed by atoms with Gasteiger partial charge in [-0.1, -0.05) is 13.0 Å².